The second kappa shape index (κ2) is 16.1. The van der Waals surface area contributed by atoms with Crippen molar-refractivity contribution in [3.05, 3.63) is 11.6 Å². The zero-order valence-corrected chi connectivity index (χ0v) is 34.9. The van der Waals surface area contributed by atoms with E-state index in [1.807, 2.05) is 6.92 Å². The third kappa shape index (κ3) is 7.49. The molecule has 0 aromatic rings. The van der Waals surface area contributed by atoms with Crippen LogP contribution in [0.25, 0.3) is 0 Å². The Kier molecular flexibility index (Phi) is 12.9. The molecule has 0 amide bonds. The second-order valence-electron chi connectivity index (χ2n) is 20.4. The highest BCUT2D eigenvalue weighted by molar-refractivity contribution is 5.30. The molecule has 5 fully saturated rings. The summed E-state index contributed by atoms with van der Waals surface area (Å²) in [5.41, 5.74) is -0.959. The minimum Gasteiger partial charge on any atom is -0.394 e. The summed E-state index contributed by atoms with van der Waals surface area (Å²) in [7, 11) is 0. The molecule has 4 aliphatic carbocycles. The lowest BCUT2D eigenvalue weighted by molar-refractivity contribution is -0.340. The molecule has 57 heavy (non-hydrogen) atoms. The third-order valence-electron chi connectivity index (χ3n) is 16.7. The summed E-state index contributed by atoms with van der Waals surface area (Å²) >= 11 is 0. The minimum absolute atomic E-state index is 0.0258. The second-order valence-corrected chi connectivity index (χ2v) is 20.4. The molecule has 11 N–H and O–H groups in total. The van der Waals surface area contributed by atoms with Crippen molar-refractivity contribution in [2.75, 3.05) is 13.2 Å². The molecule has 15 heteroatoms. The number of fused-ring (bicyclic) bond motifs is 5. The van der Waals surface area contributed by atoms with Crippen molar-refractivity contribution in [2.24, 2.45) is 45.3 Å². The summed E-state index contributed by atoms with van der Waals surface area (Å²) in [6.45, 7) is 15.2. The summed E-state index contributed by atoms with van der Waals surface area (Å²) in [6.07, 6.45) is -11.0. The molecule has 6 rings (SSSR count). The molecule has 2 saturated heterocycles. The van der Waals surface area contributed by atoms with Gasteiger partial charge < -0.3 is 75.1 Å². The van der Waals surface area contributed by atoms with Crippen LogP contribution in [0.15, 0.2) is 11.6 Å². The monoisotopic (exact) mass is 816 g/mol. The molecule has 3 saturated carbocycles. The first kappa shape index (κ1) is 45.7. The number of aliphatic hydroxyl groups excluding tert-OH is 10. The summed E-state index contributed by atoms with van der Waals surface area (Å²) < 4.78 is 23.6. The van der Waals surface area contributed by atoms with Gasteiger partial charge in [0.2, 0.25) is 0 Å². The molecule has 0 radical (unpaired) electrons. The Bertz CT molecular complexity index is 1440. The van der Waals surface area contributed by atoms with Gasteiger partial charge in [-0.15, -0.1) is 0 Å². The maximum atomic E-state index is 11.4. The standard InChI is InChI=1S/C42H72O15/c1-19(27(44)32(49)35(52)39(4,5)53)20-13-14-42(8)25-11-9-21-22(40(25,6)15-16-41(20,42)7)10-12-26(38(21,2)3)57-37-34(51)31(48)29(46)24(56-37)18-54-36-33(50)30(47)28(45)23(17-43)55-36/h9,19-20,22-37,43-53H,10-18H2,1-8H3/t19-,20-,22+,23-,24-,25-,26+,27+,28-,29-,30+,31+,32+,33+,34-,35-,36-,37+,40+,41-,42-/m1/s1. The molecule has 6 aliphatic rings. The van der Waals surface area contributed by atoms with Crippen molar-refractivity contribution in [1.29, 1.82) is 0 Å². The molecule has 0 aromatic carbocycles. The fraction of sp³-hybridized carbons (Fsp3) is 0.952. The normalized spacial score (nSPS) is 49.5. The smallest absolute Gasteiger partial charge is 0.187 e. The van der Waals surface area contributed by atoms with Crippen LogP contribution >= 0.6 is 0 Å². The highest BCUT2D eigenvalue weighted by Gasteiger charge is 2.68. The summed E-state index contributed by atoms with van der Waals surface area (Å²) in [4.78, 5) is 0. The van der Waals surface area contributed by atoms with Gasteiger partial charge in [0, 0.05) is 5.41 Å². The van der Waals surface area contributed by atoms with Gasteiger partial charge in [0.15, 0.2) is 12.6 Å². The summed E-state index contributed by atoms with van der Waals surface area (Å²) in [5.74, 6) is 0.434. The first-order chi connectivity index (χ1) is 26.4. The van der Waals surface area contributed by atoms with Gasteiger partial charge in [-0.2, -0.15) is 0 Å². The maximum absolute atomic E-state index is 11.4. The van der Waals surface area contributed by atoms with E-state index in [9.17, 15) is 56.2 Å². The van der Waals surface area contributed by atoms with Crippen molar-refractivity contribution < 1.29 is 75.1 Å². The third-order valence-corrected chi connectivity index (χ3v) is 16.7. The van der Waals surface area contributed by atoms with E-state index in [1.54, 1.807) is 0 Å². The van der Waals surface area contributed by atoms with E-state index >= 15 is 0 Å². The van der Waals surface area contributed by atoms with Crippen LogP contribution in [0.2, 0.25) is 0 Å². The number of hydrogen-bond donors (Lipinski definition) is 11. The summed E-state index contributed by atoms with van der Waals surface area (Å²) in [6, 6.07) is 0. The zero-order chi connectivity index (χ0) is 42.4. The molecular formula is C42H72O15. The topological polar surface area (TPSA) is 259 Å². The Morgan fingerprint density at radius 2 is 1.35 bits per heavy atom. The van der Waals surface area contributed by atoms with Crippen LogP contribution < -0.4 is 0 Å². The molecule has 21 atom stereocenters. The van der Waals surface area contributed by atoms with Gasteiger partial charge in [0.25, 0.3) is 0 Å². The van der Waals surface area contributed by atoms with E-state index in [0.29, 0.717) is 12.3 Å². The van der Waals surface area contributed by atoms with E-state index in [4.69, 9.17) is 18.9 Å². The minimum atomic E-state index is -1.67. The van der Waals surface area contributed by atoms with Gasteiger partial charge in [-0.1, -0.05) is 53.2 Å². The van der Waals surface area contributed by atoms with Gasteiger partial charge in [0.05, 0.1) is 31.0 Å². The van der Waals surface area contributed by atoms with Gasteiger partial charge in [-0.05, 0) is 98.7 Å². The molecule has 15 nitrogen and oxygen atoms in total. The molecule has 330 valence electrons. The lowest BCUT2D eigenvalue weighted by atomic mass is 9.39. The number of rotatable bonds is 11. The maximum Gasteiger partial charge on any atom is 0.187 e. The summed E-state index contributed by atoms with van der Waals surface area (Å²) in [5, 5.41) is 116. The van der Waals surface area contributed by atoms with Gasteiger partial charge >= 0.3 is 0 Å². The molecule has 0 bridgehead atoms. The largest absolute Gasteiger partial charge is 0.394 e. The molecule has 2 heterocycles. The quantitative estimate of drug-likeness (QED) is 0.124. The van der Waals surface area contributed by atoms with Crippen LogP contribution in [-0.4, -0.2) is 161 Å². The van der Waals surface area contributed by atoms with Crippen LogP contribution in [0, 0.1) is 45.3 Å². The fourth-order valence-corrected chi connectivity index (χ4v) is 12.7. The van der Waals surface area contributed by atoms with Gasteiger partial charge in [-0.25, -0.2) is 0 Å². The van der Waals surface area contributed by atoms with E-state index in [2.05, 4.69) is 40.7 Å². The Labute approximate surface area is 336 Å². The molecule has 0 unspecified atom stereocenters. The Hall–Kier alpha value is -0.860. The van der Waals surface area contributed by atoms with E-state index < -0.39 is 110 Å². The van der Waals surface area contributed by atoms with E-state index in [1.165, 1.54) is 19.4 Å². The predicted molar refractivity (Wildman–Crippen MR) is 204 cm³/mol. The Morgan fingerprint density at radius 3 is 1.96 bits per heavy atom. The van der Waals surface area contributed by atoms with Crippen LogP contribution in [0.5, 0.6) is 0 Å². The number of aliphatic hydroxyl groups is 11. The average Bonchev–Trinajstić information content (AvgIpc) is 3.43. The van der Waals surface area contributed by atoms with Crippen LogP contribution in [0.3, 0.4) is 0 Å². The number of allylic oxidation sites excluding steroid dienone is 1. The molecule has 2 aliphatic heterocycles. The predicted octanol–water partition coefficient (Wildman–Crippen LogP) is 0.0906. The lowest BCUT2D eigenvalue weighted by Crippen LogP contribution is -2.63. The van der Waals surface area contributed by atoms with E-state index in [-0.39, 0.29) is 34.0 Å². The van der Waals surface area contributed by atoms with Crippen molar-refractivity contribution >= 4 is 0 Å². The van der Waals surface area contributed by atoms with Crippen molar-refractivity contribution in [2.45, 2.75) is 192 Å². The molecule has 0 aromatic heterocycles. The Balaban J connectivity index is 1.15. The Morgan fingerprint density at radius 1 is 0.754 bits per heavy atom. The SMILES string of the molecule is C[C@@H]([C@H](O)[C@H](O)[C@@H](O)C(C)(C)O)[C@H]1CC[C@]2(C)[C@@H]3CC=C4[C@H](CC[C@H](O[C@@H]5O[C@H](CO[C@@H]6O[C@H](CO)[C@@H](O)[C@H](O)[C@@H]6O)[C@@H](O)[C@H](O)[C@H]5O)C4(C)C)[C@]3(C)CC[C@]12C. The van der Waals surface area contributed by atoms with Gasteiger partial charge in [0.1, 0.15) is 61.0 Å². The average molecular weight is 817 g/mol. The van der Waals surface area contributed by atoms with Crippen LogP contribution in [0.1, 0.15) is 100 Å². The van der Waals surface area contributed by atoms with Crippen molar-refractivity contribution in [1.82, 2.24) is 0 Å². The number of ether oxygens (including phenoxy) is 4. The molecule has 0 spiro atoms. The van der Waals surface area contributed by atoms with Gasteiger partial charge in [-0.3, -0.25) is 0 Å². The van der Waals surface area contributed by atoms with Crippen molar-refractivity contribution in [3.8, 4) is 0 Å². The highest BCUT2D eigenvalue weighted by atomic mass is 16.7. The van der Waals surface area contributed by atoms with E-state index in [0.717, 1.165) is 38.5 Å². The highest BCUT2D eigenvalue weighted by Crippen LogP contribution is 2.75. The first-order valence-corrected chi connectivity index (χ1v) is 21.1. The zero-order valence-electron chi connectivity index (χ0n) is 34.9. The van der Waals surface area contributed by atoms with Crippen molar-refractivity contribution in [3.63, 3.8) is 0 Å². The van der Waals surface area contributed by atoms with Crippen LogP contribution in [0.4, 0.5) is 0 Å². The molecular weight excluding hydrogens is 744 g/mol. The lowest BCUT2D eigenvalue weighted by Gasteiger charge is -2.66. The number of hydrogen-bond acceptors (Lipinski definition) is 15. The first-order valence-electron chi connectivity index (χ1n) is 21.1. The van der Waals surface area contributed by atoms with Crippen LogP contribution in [-0.2, 0) is 18.9 Å². The fourth-order valence-electron chi connectivity index (χ4n) is 12.7.